The molecule has 0 saturated carbocycles. The molecule has 0 aromatic carbocycles. The second-order valence-electron chi connectivity index (χ2n) is 5.19. The molecule has 1 aromatic heterocycles. The van der Waals surface area contributed by atoms with E-state index in [4.69, 9.17) is 10.5 Å². The first-order chi connectivity index (χ1) is 10.1. The van der Waals surface area contributed by atoms with Gasteiger partial charge in [-0.1, -0.05) is 6.92 Å². The van der Waals surface area contributed by atoms with Crippen LogP contribution in [0, 0.1) is 0 Å². The van der Waals surface area contributed by atoms with Gasteiger partial charge in [0.2, 0.25) is 0 Å². The molecule has 2 N–H and O–H groups in total. The fourth-order valence-electron chi connectivity index (χ4n) is 2.39. The van der Waals surface area contributed by atoms with Crippen molar-refractivity contribution in [1.82, 2.24) is 4.31 Å². The largest absolute Gasteiger partial charge is 0.378 e. The van der Waals surface area contributed by atoms with Crippen LogP contribution in [0.15, 0.2) is 16.3 Å². The van der Waals surface area contributed by atoms with Gasteiger partial charge in [0.25, 0.3) is 10.0 Å². The van der Waals surface area contributed by atoms with Gasteiger partial charge in [-0.05, 0) is 44.4 Å². The minimum Gasteiger partial charge on any atom is -0.378 e. The fraction of sp³-hybridized carbons (Fsp3) is 0.714. The van der Waals surface area contributed by atoms with Gasteiger partial charge in [0, 0.05) is 24.6 Å². The summed E-state index contributed by atoms with van der Waals surface area (Å²) in [5.41, 5.74) is 5.43. The molecule has 7 heteroatoms. The number of rotatable bonds is 7. The lowest BCUT2D eigenvalue weighted by Gasteiger charge is -2.30. The Morgan fingerprint density at radius 2 is 2.10 bits per heavy atom. The summed E-state index contributed by atoms with van der Waals surface area (Å²) in [6, 6.07) is 3.63. The van der Waals surface area contributed by atoms with Gasteiger partial charge >= 0.3 is 0 Å². The standard InChI is InChI=1S/C14H24N2O3S2/c1-2-13-4-5-14(20-13)21(17,18)16-9-6-12(7-10-16)19-11-3-8-15/h4-5,12H,2-3,6-11,15H2,1H3. The monoisotopic (exact) mass is 332 g/mol. The van der Waals surface area contributed by atoms with Crippen molar-refractivity contribution in [3.63, 3.8) is 0 Å². The third kappa shape index (κ3) is 4.26. The lowest BCUT2D eigenvalue weighted by atomic mass is 10.1. The number of hydrogen-bond donors (Lipinski definition) is 1. The second-order valence-corrected chi connectivity index (χ2v) is 8.52. The molecule has 0 bridgehead atoms. The molecule has 0 spiro atoms. The topological polar surface area (TPSA) is 72.6 Å². The molecule has 1 fully saturated rings. The molecular weight excluding hydrogens is 308 g/mol. The molecule has 5 nitrogen and oxygen atoms in total. The zero-order valence-electron chi connectivity index (χ0n) is 12.5. The summed E-state index contributed by atoms with van der Waals surface area (Å²) < 4.78 is 32.9. The van der Waals surface area contributed by atoms with Crippen LogP contribution in [0.1, 0.15) is 31.1 Å². The van der Waals surface area contributed by atoms with Gasteiger partial charge < -0.3 is 10.5 Å². The summed E-state index contributed by atoms with van der Waals surface area (Å²) in [5.74, 6) is 0. The molecule has 0 unspecified atom stereocenters. The van der Waals surface area contributed by atoms with Crippen LogP contribution in [0.2, 0.25) is 0 Å². The molecule has 0 aliphatic carbocycles. The summed E-state index contributed by atoms with van der Waals surface area (Å²) in [7, 11) is -3.32. The number of sulfonamides is 1. The highest BCUT2D eigenvalue weighted by molar-refractivity contribution is 7.91. The molecule has 0 amide bonds. The van der Waals surface area contributed by atoms with E-state index in [9.17, 15) is 8.42 Å². The molecule has 1 aromatic rings. The van der Waals surface area contributed by atoms with E-state index >= 15 is 0 Å². The van der Waals surface area contributed by atoms with Gasteiger partial charge in [-0.25, -0.2) is 8.42 Å². The van der Waals surface area contributed by atoms with E-state index in [1.807, 2.05) is 13.0 Å². The maximum absolute atomic E-state index is 12.6. The molecule has 2 rings (SSSR count). The van der Waals surface area contributed by atoms with E-state index in [1.165, 1.54) is 11.3 Å². The lowest BCUT2D eigenvalue weighted by Crippen LogP contribution is -2.40. The molecule has 21 heavy (non-hydrogen) atoms. The average molecular weight is 332 g/mol. The van der Waals surface area contributed by atoms with Gasteiger partial charge in [0.1, 0.15) is 4.21 Å². The zero-order valence-corrected chi connectivity index (χ0v) is 14.1. The first-order valence-corrected chi connectivity index (χ1v) is 9.74. The first-order valence-electron chi connectivity index (χ1n) is 7.48. The molecular formula is C14H24N2O3S2. The number of ether oxygens (including phenoxy) is 1. The smallest absolute Gasteiger partial charge is 0.252 e. The number of piperidine rings is 1. The lowest BCUT2D eigenvalue weighted by molar-refractivity contribution is 0.0209. The van der Waals surface area contributed by atoms with Crippen LogP contribution < -0.4 is 5.73 Å². The van der Waals surface area contributed by atoms with Crippen LogP contribution in [-0.2, 0) is 21.2 Å². The second kappa shape index (κ2) is 7.69. The van der Waals surface area contributed by atoms with Crippen molar-refractivity contribution in [2.75, 3.05) is 26.2 Å². The van der Waals surface area contributed by atoms with Gasteiger partial charge in [-0.15, -0.1) is 11.3 Å². The third-order valence-corrected chi connectivity index (χ3v) is 7.28. The maximum Gasteiger partial charge on any atom is 0.252 e. The minimum atomic E-state index is -3.32. The van der Waals surface area contributed by atoms with Crippen LogP contribution >= 0.6 is 11.3 Å². The Morgan fingerprint density at radius 3 is 2.67 bits per heavy atom. The highest BCUT2D eigenvalue weighted by Crippen LogP contribution is 2.27. The van der Waals surface area contributed by atoms with E-state index < -0.39 is 10.0 Å². The molecule has 1 aliphatic rings. The van der Waals surface area contributed by atoms with Crippen LogP contribution in [0.5, 0.6) is 0 Å². The van der Waals surface area contributed by atoms with Crippen molar-refractivity contribution in [2.24, 2.45) is 5.73 Å². The number of nitrogens with zero attached hydrogens (tertiary/aromatic N) is 1. The van der Waals surface area contributed by atoms with Crippen molar-refractivity contribution in [1.29, 1.82) is 0 Å². The van der Waals surface area contributed by atoms with E-state index in [1.54, 1.807) is 10.4 Å². The van der Waals surface area contributed by atoms with Crippen molar-refractivity contribution < 1.29 is 13.2 Å². The Labute approximate surface area is 131 Å². The number of nitrogens with two attached hydrogens (primary N) is 1. The van der Waals surface area contributed by atoms with E-state index in [0.717, 1.165) is 30.6 Å². The summed E-state index contributed by atoms with van der Waals surface area (Å²) >= 11 is 1.38. The van der Waals surface area contributed by atoms with Gasteiger partial charge in [0.15, 0.2) is 0 Å². The quantitative estimate of drug-likeness (QED) is 0.773. The van der Waals surface area contributed by atoms with E-state index in [0.29, 0.717) is 30.5 Å². The average Bonchev–Trinajstić information content (AvgIpc) is 2.98. The van der Waals surface area contributed by atoms with Gasteiger partial charge in [-0.3, -0.25) is 0 Å². The maximum atomic E-state index is 12.6. The molecule has 0 radical (unpaired) electrons. The van der Waals surface area contributed by atoms with Crippen molar-refractivity contribution in [2.45, 2.75) is 42.9 Å². The van der Waals surface area contributed by atoms with E-state index in [2.05, 4.69) is 0 Å². The van der Waals surface area contributed by atoms with Crippen molar-refractivity contribution >= 4 is 21.4 Å². The fourth-order valence-corrected chi connectivity index (χ4v) is 5.31. The summed E-state index contributed by atoms with van der Waals surface area (Å²) in [4.78, 5) is 1.11. The Morgan fingerprint density at radius 1 is 1.38 bits per heavy atom. The molecule has 0 atom stereocenters. The van der Waals surface area contributed by atoms with Crippen LogP contribution in [0.3, 0.4) is 0 Å². The van der Waals surface area contributed by atoms with Crippen LogP contribution in [0.25, 0.3) is 0 Å². The first kappa shape index (κ1) is 16.9. The minimum absolute atomic E-state index is 0.164. The SMILES string of the molecule is CCc1ccc(S(=O)(=O)N2CCC(OCCCN)CC2)s1. The Kier molecular flexibility index (Phi) is 6.19. The van der Waals surface area contributed by atoms with Crippen molar-refractivity contribution in [3.8, 4) is 0 Å². The number of thiophene rings is 1. The zero-order chi connectivity index (χ0) is 15.3. The van der Waals surface area contributed by atoms with Crippen LogP contribution in [0.4, 0.5) is 0 Å². The Hall–Kier alpha value is -0.470. The molecule has 1 saturated heterocycles. The van der Waals surface area contributed by atoms with Crippen molar-refractivity contribution in [3.05, 3.63) is 17.0 Å². The summed E-state index contributed by atoms with van der Waals surface area (Å²) in [6.07, 6.45) is 3.41. The van der Waals surface area contributed by atoms with E-state index in [-0.39, 0.29) is 6.10 Å². The number of aryl methyl sites for hydroxylation is 1. The van der Waals surface area contributed by atoms with Gasteiger partial charge in [0.05, 0.1) is 6.10 Å². The highest BCUT2D eigenvalue weighted by atomic mass is 32.2. The Bertz CT molecular complexity index is 534. The predicted octanol–water partition coefficient (Wildman–Crippen LogP) is 1.83. The normalized spacial score (nSPS) is 18.2. The highest BCUT2D eigenvalue weighted by Gasteiger charge is 2.30. The summed E-state index contributed by atoms with van der Waals surface area (Å²) in [6.45, 7) is 4.40. The van der Waals surface area contributed by atoms with Crippen LogP contribution in [-0.4, -0.2) is 45.1 Å². The summed E-state index contributed by atoms with van der Waals surface area (Å²) in [5, 5.41) is 0. The Balaban J connectivity index is 1.91. The van der Waals surface area contributed by atoms with Gasteiger partial charge in [-0.2, -0.15) is 4.31 Å². The molecule has 2 heterocycles. The predicted molar refractivity (Wildman–Crippen MR) is 85.1 cm³/mol. The number of hydrogen-bond acceptors (Lipinski definition) is 5. The third-order valence-electron chi connectivity index (χ3n) is 3.68. The molecule has 120 valence electrons. The molecule has 1 aliphatic heterocycles.